The van der Waals surface area contributed by atoms with E-state index in [2.05, 4.69) is 0 Å². The van der Waals surface area contributed by atoms with Gasteiger partial charge in [0.05, 0.1) is 16.7 Å². The molecule has 9 heteroatoms. The number of hydrogen-bond acceptors (Lipinski definition) is 4. The van der Waals surface area contributed by atoms with Crippen molar-refractivity contribution in [2.24, 2.45) is 11.8 Å². The molecule has 25 heavy (non-hydrogen) atoms. The maximum Gasteiger partial charge on any atom is 0.304 e. The number of hydrogen-bond donors (Lipinski definition) is 1. The Morgan fingerprint density at radius 2 is 1.92 bits per heavy atom. The topological polar surface area (TPSA) is 75.7 Å². The van der Waals surface area contributed by atoms with Gasteiger partial charge in [-0.1, -0.05) is 11.6 Å². The number of rotatable bonds is 5. The molecule has 1 saturated heterocycles. The van der Waals surface area contributed by atoms with Crippen LogP contribution in [0.1, 0.15) is 36.0 Å². The lowest BCUT2D eigenvalue weighted by Crippen LogP contribution is -2.49. The number of ether oxygens (including phenoxy) is 1. The van der Waals surface area contributed by atoms with Crippen LogP contribution in [0, 0.1) is 17.7 Å². The molecule has 4 rings (SSSR count). The van der Waals surface area contributed by atoms with Gasteiger partial charge in [-0.25, -0.2) is 9.11 Å². The molecule has 2 aliphatic carbocycles. The predicted molar refractivity (Wildman–Crippen MR) is 89.2 cm³/mol. The van der Waals surface area contributed by atoms with E-state index in [1.807, 2.05) is 4.72 Å². The van der Waals surface area contributed by atoms with E-state index in [1.165, 1.54) is 6.42 Å². The third-order valence-corrected chi connectivity index (χ3v) is 6.92. The highest BCUT2D eigenvalue weighted by atomic mass is 35.5. The summed E-state index contributed by atoms with van der Waals surface area (Å²) in [6.45, 7) is 0.698. The van der Waals surface area contributed by atoms with Gasteiger partial charge < -0.3 is 4.74 Å². The first kappa shape index (κ1) is 17.1. The van der Waals surface area contributed by atoms with Crippen LogP contribution in [-0.4, -0.2) is 37.8 Å². The van der Waals surface area contributed by atoms with E-state index >= 15 is 0 Å². The molecule has 1 aromatic carbocycles. The van der Waals surface area contributed by atoms with Crippen LogP contribution in [0.4, 0.5) is 4.39 Å². The Hall–Kier alpha value is -1.38. The van der Waals surface area contributed by atoms with Crippen LogP contribution < -0.4 is 9.46 Å². The van der Waals surface area contributed by atoms with Crippen molar-refractivity contribution in [2.45, 2.75) is 31.8 Å². The molecular weight excluding hydrogens is 371 g/mol. The molecule has 1 aliphatic heterocycles. The molecule has 3 atom stereocenters. The molecule has 3 fully saturated rings. The molecular formula is C16H18ClFN2O4S. The summed E-state index contributed by atoms with van der Waals surface area (Å²) in [6.07, 6.45) is 3.89. The van der Waals surface area contributed by atoms with Crippen molar-refractivity contribution in [2.75, 3.05) is 13.1 Å². The van der Waals surface area contributed by atoms with Gasteiger partial charge in [-0.15, -0.1) is 0 Å². The Balaban J connectivity index is 1.48. The zero-order chi connectivity index (χ0) is 17.8. The van der Waals surface area contributed by atoms with Gasteiger partial charge in [0.1, 0.15) is 11.6 Å². The Bertz CT molecular complexity index is 818. The first-order chi connectivity index (χ1) is 11.8. The van der Waals surface area contributed by atoms with Crippen molar-refractivity contribution in [1.29, 1.82) is 0 Å². The van der Waals surface area contributed by atoms with Crippen molar-refractivity contribution in [3.8, 4) is 5.75 Å². The van der Waals surface area contributed by atoms with Crippen LogP contribution >= 0.6 is 11.6 Å². The minimum Gasteiger partial charge on any atom is -0.489 e. The first-order valence-electron chi connectivity index (χ1n) is 8.31. The van der Waals surface area contributed by atoms with Crippen LogP contribution in [0.3, 0.4) is 0 Å². The minimum atomic E-state index is -3.94. The lowest BCUT2D eigenvalue weighted by molar-refractivity contribution is 0.0973. The molecule has 1 unspecified atom stereocenters. The van der Waals surface area contributed by atoms with Gasteiger partial charge in [0.25, 0.3) is 5.91 Å². The Kier molecular flexibility index (Phi) is 4.16. The molecule has 1 aromatic rings. The summed E-state index contributed by atoms with van der Waals surface area (Å²) in [5, 5.41) is 0.0912. The first-order valence-corrected chi connectivity index (χ1v) is 10.1. The third-order valence-electron chi connectivity index (χ3n) is 5.14. The second kappa shape index (κ2) is 6.10. The Labute approximate surface area is 150 Å². The maximum absolute atomic E-state index is 14.3. The van der Waals surface area contributed by atoms with E-state index in [1.54, 1.807) is 0 Å². The van der Waals surface area contributed by atoms with E-state index in [0.29, 0.717) is 24.9 Å². The minimum absolute atomic E-state index is 0.0205. The largest absolute Gasteiger partial charge is 0.489 e. The fraction of sp³-hybridized carbons (Fsp3) is 0.562. The number of fused-ring (bicyclic) bond motifs is 1. The summed E-state index contributed by atoms with van der Waals surface area (Å²) in [4.78, 5) is 12.1. The van der Waals surface area contributed by atoms with Crippen molar-refractivity contribution in [3.63, 3.8) is 0 Å². The smallest absolute Gasteiger partial charge is 0.304 e. The van der Waals surface area contributed by atoms with Crippen LogP contribution in [0.15, 0.2) is 12.1 Å². The summed E-state index contributed by atoms with van der Waals surface area (Å²) in [5.41, 5.74) is -0.421. The summed E-state index contributed by atoms with van der Waals surface area (Å²) >= 11 is 6.11. The highest BCUT2D eigenvalue weighted by Gasteiger charge is 2.47. The second-order valence-corrected chi connectivity index (χ2v) is 9.00. The van der Waals surface area contributed by atoms with Crippen molar-refractivity contribution >= 4 is 27.7 Å². The monoisotopic (exact) mass is 388 g/mol. The summed E-state index contributed by atoms with van der Waals surface area (Å²) in [7, 11) is -3.94. The van der Waals surface area contributed by atoms with Gasteiger partial charge in [-0.3, -0.25) is 4.79 Å². The lowest BCUT2D eigenvalue weighted by atomic mass is 10.1. The molecule has 1 heterocycles. The fourth-order valence-corrected chi connectivity index (χ4v) is 4.91. The van der Waals surface area contributed by atoms with Crippen molar-refractivity contribution in [3.05, 3.63) is 28.5 Å². The van der Waals surface area contributed by atoms with E-state index in [-0.39, 0.29) is 16.9 Å². The molecule has 0 spiro atoms. The highest BCUT2D eigenvalue weighted by Crippen LogP contribution is 2.52. The Morgan fingerprint density at radius 1 is 1.24 bits per heavy atom. The average molecular weight is 389 g/mol. The fourth-order valence-electron chi connectivity index (χ4n) is 3.49. The molecule has 2 saturated carbocycles. The quantitative estimate of drug-likeness (QED) is 0.840. The maximum atomic E-state index is 14.3. The average Bonchev–Trinajstić information content (AvgIpc) is 3.06. The zero-order valence-corrected chi connectivity index (χ0v) is 14.9. The molecule has 3 aliphatic rings. The normalized spacial score (nSPS) is 28.2. The SMILES string of the molecule is O=C(NS(=O)(=O)N1CCC1)c1cc(Cl)c(OC2C[C@@H]3C[C@@H]3C2)cc1F. The number of amides is 1. The van der Waals surface area contributed by atoms with Gasteiger partial charge in [-0.05, 0) is 43.6 Å². The van der Waals surface area contributed by atoms with Gasteiger partial charge in [-0.2, -0.15) is 12.7 Å². The number of nitrogens with one attached hydrogen (secondary N) is 1. The van der Waals surface area contributed by atoms with E-state index in [0.717, 1.165) is 35.7 Å². The van der Waals surface area contributed by atoms with Gasteiger partial charge in [0, 0.05) is 19.2 Å². The van der Waals surface area contributed by atoms with Crippen LogP contribution in [0.25, 0.3) is 0 Å². The molecule has 136 valence electrons. The lowest BCUT2D eigenvalue weighted by Gasteiger charge is -2.29. The number of halogens is 2. The van der Waals surface area contributed by atoms with E-state index in [9.17, 15) is 17.6 Å². The molecule has 1 amide bonds. The second-order valence-electron chi connectivity index (χ2n) is 6.92. The molecule has 0 radical (unpaired) electrons. The Morgan fingerprint density at radius 3 is 2.52 bits per heavy atom. The van der Waals surface area contributed by atoms with Gasteiger partial charge in [0.2, 0.25) is 0 Å². The molecule has 6 nitrogen and oxygen atoms in total. The number of carbonyl (C=O) groups is 1. The summed E-state index contributed by atoms with van der Waals surface area (Å²) in [5.74, 6) is -0.290. The number of nitrogens with zero attached hydrogens (tertiary/aromatic N) is 1. The summed E-state index contributed by atoms with van der Waals surface area (Å²) in [6, 6.07) is 2.17. The standard InChI is InChI=1S/C16H18ClFN2O4S/c17-13-7-12(16(21)19-25(22,23)20-2-1-3-20)14(18)8-15(13)24-11-5-9-4-10(9)6-11/h7-11H,1-6H2,(H,19,21)/t9-,10+,11?. The van der Waals surface area contributed by atoms with Crippen LogP contribution in [0.2, 0.25) is 5.02 Å². The number of carbonyl (C=O) groups excluding carboxylic acids is 1. The zero-order valence-electron chi connectivity index (χ0n) is 13.4. The van der Waals surface area contributed by atoms with Crippen molar-refractivity contribution in [1.82, 2.24) is 9.03 Å². The predicted octanol–water partition coefficient (Wildman–Crippen LogP) is 2.34. The third kappa shape index (κ3) is 3.35. The van der Waals surface area contributed by atoms with Gasteiger partial charge in [0.15, 0.2) is 0 Å². The van der Waals surface area contributed by atoms with Crippen LogP contribution in [0.5, 0.6) is 5.75 Å². The molecule has 0 bridgehead atoms. The summed E-state index contributed by atoms with van der Waals surface area (Å²) < 4.78 is 46.9. The highest BCUT2D eigenvalue weighted by molar-refractivity contribution is 7.87. The van der Waals surface area contributed by atoms with Crippen molar-refractivity contribution < 1.29 is 22.3 Å². The molecule has 1 N–H and O–H groups in total. The van der Waals surface area contributed by atoms with E-state index < -0.39 is 27.5 Å². The van der Waals surface area contributed by atoms with E-state index in [4.69, 9.17) is 16.3 Å². The molecule has 0 aromatic heterocycles. The van der Waals surface area contributed by atoms with Crippen LogP contribution in [-0.2, 0) is 10.2 Å². The van der Waals surface area contributed by atoms with Gasteiger partial charge >= 0.3 is 10.2 Å². The number of benzene rings is 1.